The Morgan fingerprint density at radius 1 is 1.25 bits per heavy atom. The standard InChI is InChI=1S/C18H20N2/c1-4-17(12-19-3)18-11-10-15(2)20(14-18)13-16-8-6-5-7-9-16/h4-12,14H,2,13H2,1,3H3/b17-4+,19-12-. The van der Waals surface area contributed by atoms with Gasteiger partial charge < -0.3 is 4.90 Å². The molecule has 0 amide bonds. The molecule has 0 unspecified atom stereocenters. The fourth-order valence-electron chi connectivity index (χ4n) is 2.13. The van der Waals surface area contributed by atoms with E-state index in [0.717, 1.165) is 23.4 Å². The van der Waals surface area contributed by atoms with Gasteiger partial charge in [0.15, 0.2) is 0 Å². The number of benzene rings is 1. The summed E-state index contributed by atoms with van der Waals surface area (Å²) in [5, 5.41) is 0. The molecular formula is C18H20N2. The van der Waals surface area contributed by atoms with Crippen molar-refractivity contribution in [3.8, 4) is 0 Å². The molecule has 2 heteroatoms. The van der Waals surface area contributed by atoms with Crippen molar-refractivity contribution >= 4 is 6.21 Å². The Hall–Kier alpha value is -2.35. The third kappa shape index (κ3) is 3.35. The van der Waals surface area contributed by atoms with Crippen LogP contribution < -0.4 is 0 Å². The van der Waals surface area contributed by atoms with E-state index in [-0.39, 0.29) is 0 Å². The van der Waals surface area contributed by atoms with Gasteiger partial charge in [-0.2, -0.15) is 0 Å². The molecule has 2 nitrogen and oxygen atoms in total. The van der Waals surface area contributed by atoms with E-state index in [9.17, 15) is 0 Å². The Morgan fingerprint density at radius 3 is 2.65 bits per heavy atom. The van der Waals surface area contributed by atoms with E-state index in [0.29, 0.717) is 0 Å². The first kappa shape index (κ1) is 14.1. The minimum Gasteiger partial charge on any atom is -0.343 e. The van der Waals surface area contributed by atoms with E-state index in [1.807, 2.05) is 25.3 Å². The highest BCUT2D eigenvalue weighted by atomic mass is 15.1. The molecule has 0 N–H and O–H groups in total. The zero-order chi connectivity index (χ0) is 14.4. The molecule has 0 saturated carbocycles. The minimum absolute atomic E-state index is 0.827. The van der Waals surface area contributed by atoms with Gasteiger partial charge in [0.1, 0.15) is 0 Å². The van der Waals surface area contributed by atoms with Crippen LogP contribution in [-0.4, -0.2) is 18.2 Å². The maximum absolute atomic E-state index is 4.10. The van der Waals surface area contributed by atoms with Crippen LogP contribution >= 0.6 is 0 Å². The van der Waals surface area contributed by atoms with Gasteiger partial charge in [-0.3, -0.25) is 4.99 Å². The highest BCUT2D eigenvalue weighted by molar-refractivity contribution is 5.86. The predicted molar refractivity (Wildman–Crippen MR) is 86.5 cm³/mol. The molecule has 1 aromatic carbocycles. The quantitative estimate of drug-likeness (QED) is 0.747. The molecule has 0 radical (unpaired) electrons. The van der Waals surface area contributed by atoms with E-state index in [2.05, 4.69) is 59.1 Å². The average molecular weight is 264 g/mol. The van der Waals surface area contributed by atoms with Crippen LogP contribution in [0, 0.1) is 0 Å². The molecular weight excluding hydrogens is 244 g/mol. The molecule has 1 aliphatic rings. The summed E-state index contributed by atoms with van der Waals surface area (Å²) in [6.07, 6.45) is 10.2. The third-order valence-corrected chi connectivity index (χ3v) is 3.23. The van der Waals surface area contributed by atoms with Gasteiger partial charge in [-0.05, 0) is 29.7 Å². The lowest BCUT2D eigenvalue weighted by molar-refractivity contribution is 0.469. The SMILES string of the molecule is C=C1C=CC(C(/C=N\C)=C/C)=CN1Cc1ccccc1. The van der Waals surface area contributed by atoms with E-state index in [1.54, 1.807) is 7.05 Å². The predicted octanol–water partition coefficient (Wildman–Crippen LogP) is 4.10. The van der Waals surface area contributed by atoms with Gasteiger partial charge in [-0.1, -0.05) is 49.1 Å². The van der Waals surface area contributed by atoms with E-state index >= 15 is 0 Å². The van der Waals surface area contributed by atoms with Crippen molar-refractivity contribution in [3.63, 3.8) is 0 Å². The number of allylic oxidation sites excluding steroid dienone is 5. The van der Waals surface area contributed by atoms with Crippen molar-refractivity contribution < 1.29 is 0 Å². The summed E-state index contributed by atoms with van der Waals surface area (Å²) in [4.78, 5) is 6.27. The number of rotatable bonds is 4. The molecule has 0 fully saturated rings. The Morgan fingerprint density at radius 2 is 2.00 bits per heavy atom. The number of hydrogen-bond acceptors (Lipinski definition) is 2. The molecule has 0 atom stereocenters. The zero-order valence-corrected chi connectivity index (χ0v) is 12.1. The summed E-state index contributed by atoms with van der Waals surface area (Å²) >= 11 is 0. The van der Waals surface area contributed by atoms with Gasteiger partial charge in [0.05, 0.1) is 0 Å². The van der Waals surface area contributed by atoms with Crippen LogP contribution in [0.25, 0.3) is 0 Å². The van der Waals surface area contributed by atoms with Crippen LogP contribution in [0.1, 0.15) is 12.5 Å². The van der Waals surface area contributed by atoms with Crippen LogP contribution in [-0.2, 0) is 6.54 Å². The lowest BCUT2D eigenvalue weighted by atomic mass is 10.0. The second-order valence-corrected chi connectivity index (χ2v) is 4.65. The van der Waals surface area contributed by atoms with Gasteiger partial charge in [-0.25, -0.2) is 0 Å². The lowest BCUT2D eigenvalue weighted by Gasteiger charge is -2.25. The monoisotopic (exact) mass is 264 g/mol. The van der Waals surface area contributed by atoms with Crippen molar-refractivity contribution in [2.75, 3.05) is 7.05 Å². The molecule has 102 valence electrons. The van der Waals surface area contributed by atoms with Gasteiger partial charge in [-0.15, -0.1) is 0 Å². The summed E-state index contributed by atoms with van der Waals surface area (Å²) in [7, 11) is 1.79. The number of aliphatic imine (C=N–C) groups is 1. The largest absolute Gasteiger partial charge is 0.343 e. The van der Waals surface area contributed by atoms with Crippen LogP contribution in [0.5, 0.6) is 0 Å². The fourth-order valence-corrected chi connectivity index (χ4v) is 2.13. The van der Waals surface area contributed by atoms with Crippen LogP contribution in [0.4, 0.5) is 0 Å². The van der Waals surface area contributed by atoms with Crippen LogP contribution in [0.2, 0.25) is 0 Å². The first-order valence-corrected chi connectivity index (χ1v) is 6.73. The molecule has 0 aliphatic carbocycles. The Labute approximate surface area is 121 Å². The second-order valence-electron chi connectivity index (χ2n) is 4.65. The lowest BCUT2D eigenvalue weighted by Crippen LogP contribution is -2.18. The van der Waals surface area contributed by atoms with Crippen molar-refractivity contribution in [3.05, 3.63) is 83.7 Å². The molecule has 1 heterocycles. The van der Waals surface area contributed by atoms with Gasteiger partial charge >= 0.3 is 0 Å². The molecule has 0 spiro atoms. The maximum atomic E-state index is 4.10. The highest BCUT2D eigenvalue weighted by Gasteiger charge is 2.11. The Kier molecular flexibility index (Phi) is 4.72. The van der Waals surface area contributed by atoms with E-state index in [1.165, 1.54) is 5.56 Å². The van der Waals surface area contributed by atoms with Crippen molar-refractivity contribution in [2.24, 2.45) is 4.99 Å². The fraction of sp³-hybridized carbons (Fsp3) is 0.167. The second kappa shape index (κ2) is 6.71. The van der Waals surface area contributed by atoms with Gasteiger partial charge in [0.2, 0.25) is 0 Å². The topological polar surface area (TPSA) is 15.6 Å². The maximum Gasteiger partial charge on any atom is 0.0475 e. The molecule has 20 heavy (non-hydrogen) atoms. The molecule has 0 aromatic heterocycles. The summed E-state index contributed by atoms with van der Waals surface area (Å²) in [5.74, 6) is 0. The molecule has 2 rings (SSSR count). The number of nitrogens with zero attached hydrogens (tertiary/aromatic N) is 2. The van der Waals surface area contributed by atoms with E-state index < -0.39 is 0 Å². The summed E-state index contributed by atoms with van der Waals surface area (Å²) in [5.41, 5.74) is 4.54. The smallest absolute Gasteiger partial charge is 0.0475 e. The normalized spacial score (nSPS) is 15.9. The van der Waals surface area contributed by atoms with Crippen LogP contribution in [0.15, 0.2) is 83.2 Å². The Bertz CT molecular complexity index is 589. The molecule has 0 saturated heterocycles. The number of hydrogen-bond donors (Lipinski definition) is 0. The zero-order valence-electron chi connectivity index (χ0n) is 12.1. The van der Waals surface area contributed by atoms with Crippen LogP contribution in [0.3, 0.4) is 0 Å². The minimum atomic E-state index is 0.827. The highest BCUT2D eigenvalue weighted by Crippen LogP contribution is 2.22. The van der Waals surface area contributed by atoms with Crippen molar-refractivity contribution in [1.29, 1.82) is 0 Å². The summed E-state index contributed by atoms with van der Waals surface area (Å²) in [6.45, 7) is 6.95. The third-order valence-electron chi connectivity index (χ3n) is 3.23. The van der Waals surface area contributed by atoms with E-state index in [4.69, 9.17) is 0 Å². The first-order chi connectivity index (χ1) is 9.74. The van der Waals surface area contributed by atoms with Crippen molar-refractivity contribution in [1.82, 2.24) is 4.90 Å². The first-order valence-electron chi connectivity index (χ1n) is 6.73. The average Bonchev–Trinajstić information content (AvgIpc) is 2.48. The molecule has 1 aromatic rings. The molecule has 1 aliphatic heterocycles. The van der Waals surface area contributed by atoms with Crippen molar-refractivity contribution in [2.45, 2.75) is 13.5 Å². The molecule has 0 bridgehead atoms. The van der Waals surface area contributed by atoms with Gasteiger partial charge in [0, 0.05) is 31.7 Å². The Balaban J connectivity index is 2.22. The summed E-state index contributed by atoms with van der Waals surface area (Å²) < 4.78 is 0. The van der Waals surface area contributed by atoms with Gasteiger partial charge in [0.25, 0.3) is 0 Å². The summed E-state index contributed by atoms with van der Waals surface area (Å²) in [6, 6.07) is 10.4.